The van der Waals surface area contributed by atoms with Crippen molar-refractivity contribution in [3.8, 4) is 0 Å². The Balaban J connectivity index is 3.09. The quantitative estimate of drug-likeness (QED) is 0.454. The minimum atomic E-state index is -0.942. The van der Waals surface area contributed by atoms with Crippen LogP contribution in [-0.2, 0) is 4.74 Å². The maximum atomic E-state index is 11.1. The summed E-state index contributed by atoms with van der Waals surface area (Å²) >= 11 is 0. The molecule has 0 aromatic rings. The van der Waals surface area contributed by atoms with Gasteiger partial charge in [-0.3, -0.25) is 0 Å². The maximum Gasteiger partial charge on any atom is 0.407 e. The molecule has 2 amide bonds. The molecule has 0 bridgehead atoms. The average molecular weight is 302 g/mol. The molecule has 0 aliphatic rings. The highest BCUT2D eigenvalue weighted by Gasteiger charge is 1.99. The molecule has 0 saturated heterocycles. The van der Waals surface area contributed by atoms with E-state index in [0.717, 1.165) is 38.5 Å². The van der Waals surface area contributed by atoms with Crippen molar-refractivity contribution in [3.05, 3.63) is 0 Å². The molecule has 0 heterocycles. The minimum absolute atomic E-state index is 0.313. The van der Waals surface area contributed by atoms with Crippen LogP contribution in [0.25, 0.3) is 0 Å². The van der Waals surface area contributed by atoms with Crippen molar-refractivity contribution in [3.63, 3.8) is 0 Å². The first-order chi connectivity index (χ1) is 10.2. The minimum Gasteiger partial charge on any atom is -0.465 e. The second-order valence-electron chi connectivity index (χ2n) is 5.12. The van der Waals surface area contributed by atoms with E-state index in [2.05, 4.69) is 10.6 Å². The van der Waals surface area contributed by atoms with Crippen LogP contribution in [0.1, 0.15) is 64.7 Å². The molecule has 0 aromatic heterocycles. The average Bonchev–Trinajstić information content (AvgIpc) is 2.45. The number of unbranched alkanes of at least 4 members (excludes halogenated alkanes) is 7. The molecule has 0 unspecified atom stereocenters. The molecule has 3 N–H and O–H groups in total. The van der Waals surface area contributed by atoms with E-state index in [1.54, 1.807) is 0 Å². The van der Waals surface area contributed by atoms with Crippen molar-refractivity contribution in [2.24, 2.45) is 0 Å². The van der Waals surface area contributed by atoms with Crippen LogP contribution < -0.4 is 10.6 Å². The summed E-state index contributed by atoms with van der Waals surface area (Å²) in [6.07, 6.45) is 8.42. The van der Waals surface area contributed by atoms with Crippen LogP contribution in [0.15, 0.2) is 0 Å². The molecule has 0 aromatic carbocycles. The molecule has 124 valence electrons. The largest absolute Gasteiger partial charge is 0.465 e. The summed E-state index contributed by atoms with van der Waals surface area (Å²) in [5, 5.41) is 13.5. The van der Waals surface area contributed by atoms with E-state index in [1.807, 2.05) is 6.92 Å². The molecule has 0 rings (SSSR count). The first-order valence-electron chi connectivity index (χ1n) is 8.04. The number of carbonyl (C=O) groups is 2. The van der Waals surface area contributed by atoms with Crippen LogP contribution in [0.5, 0.6) is 0 Å². The fraction of sp³-hybridized carbons (Fsp3) is 0.867. The van der Waals surface area contributed by atoms with Crippen molar-refractivity contribution >= 4 is 12.2 Å². The zero-order valence-corrected chi connectivity index (χ0v) is 13.2. The second kappa shape index (κ2) is 14.9. The lowest BCUT2D eigenvalue weighted by atomic mass is 10.1. The number of amides is 2. The van der Waals surface area contributed by atoms with Crippen LogP contribution >= 0.6 is 0 Å². The summed E-state index contributed by atoms with van der Waals surface area (Å²) < 4.78 is 4.91. The standard InChI is InChI=1S/C15H30N2O4/c1-2-13-21-15(20)17-12-10-8-6-4-3-5-7-9-11-16-14(18)19/h16H,2-13H2,1H3,(H,17,20)(H,18,19). The SMILES string of the molecule is CCCOC(=O)NCCCCCCCCCCNC(=O)O. The zero-order valence-electron chi connectivity index (χ0n) is 13.2. The summed E-state index contributed by atoms with van der Waals surface area (Å²) in [7, 11) is 0. The van der Waals surface area contributed by atoms with E-state index in [9.17, 15) is 9.59 Å². The Morgan fingerprint density at radius 1 is 0.857 bits per heavy atom. The van der Waals surface area contributed by atoms with Gasteiger partial charge in [0.15, 0.2) is 0 Å². The van der Waals surface area contributed by atoms with Crippen LogP contribution in [0.3, 0.4) is 0 Å². The van der Waals surface area contributed by atoms with E-state index in [4.69, 9.17) is 9.84 Å². The van der Waals surface area contributed by atoms with E-state index >= 15 is 0 Å². The topological polar surface area (TPSA) is 87.7 Å². The van der Waals surface area contributed by atoms with Gasteiger partial charge in [0.1, 0.15) is 0 Å². The third kappa shape index (κ3) is 16.5. The Labute approximate surface area is 127 Å². The van der Waals surface area contributed by atoms with Gasteiger partial charge in [-0.15, -0.1) is 0 Å². The molecule has 0 saturated carbocycles. The molecule has 6 nitrogen and oxygen atoms in total. The van der Waals surface area contributed by atoms with Gasteiger partial charge in [0.25, 0.3) is 0 Å². The van der Waals surface area contributed by atoms with E-state index in [0.29, 0.717) is 19.7 Å². The summed E-state index contributed by atoms with van der Waals surface area (Å²) in [6, 6.07) is 0. The summed E-state index contributed by atoms with van der Waals surface area (Å²) in [4.78, 5) is 21.3. The van der Waals surface area contributed by atoms with Crippen molar-refractivity contribution < 1.29 is 19.4 Å². The van der Waals surface area contributed by atoms with Gasteiger partial charge in [-0.2, -0.15) is 0 Å². The first kappa shape index (κ1) is 19.5. The number of alkyl carbamates (subject to hydrolysis) is 1. The predicted molar refractivity (Wildman–Crippen MR) is 82.6 cm³/mol. The number of carboxylic acid groups (broad SMARTS) is 1. The lowest BCUT2D eigenvalue weighted by Crippen LogP contribution is -2.25. The van der Waals surface area contributed by atoms with Gasteiger partial charge in [-0.25, -0.2) is 9.59 Å². The normalized spacial score (nSPS) is 10.1. The van der Waals surface area contributed by atoms with Gasteiger partial charge < -0.3 is 20.5 Å². The molecule has 6 heteroatoms. The smallest absolute Gasteiger partial charge is 0.407 e. The number of ether oxygens (including phenoxy) is 1. The Morgan fingerprint density at radius 2 is 1.33 bits per heavy atom. The van der Waals surface area contributed by atoms with Crippen LogP contribution in [0.2, 0.25) is 0 Å². The zero-order chi connectivity index (χ0) is 15.8. The predicted octanol–water partition coefficient (Wildman–Crippen LogP) is 3.51. The highest BCUT2D eigenvalue weighted by atomic mass is 16.5. The van der Waals surface area contributed by atoms with Crippen LogP contribution in [0, 0.1) is 0 Å². The number of nitrogens with one attached hydrogen (secondary N) is 2. The highest BCUT2D eigenvalue weighted by molar-refractivity contribution is 5.66. The van der Waals surface area contributed by atoms with Crippen molar-refractivity contribution in [1.82, 2.24) is 10.6 Å². The number of hydrogen-bond donors (Lipinski definition) is 3. The number of hydrogen-bond acceptors (Lipinski definition) is 3. The van der Waals surface area contributed by atoms with Gasteiger partial charge in [-0.05, 0) is 19.3 Å². The van der Waals surface area contributed by atoms with E-state index in [1.165, 1.54) is 19.3 Å². The van der Waals surface area contributed by atoms with Gasteiger partial charge >= 0.3 is 12.2 Å². The number of rotatable bonds is 13. The molecule has 0 fully saturated rings. The molecule has 0 radical (unpaired) electrons. The van der Waals surface area contributed by atoms with Crippen molar-refractivity contribution in [1.29, 1.82) is 0 Å². The Hall–Kier alpha value is -1.46. The van der Waals surface area contributed by atoms with Crippen molar-refractivity contribution in [2.75, 3.05) is 19.7 Å². The monoisotopic (exact) mass is 302 g/mol. The van der Waals surface area contributed by atoms with Gasteiger partial charge in [0.05, 0.1) is 6.61 Å². The lowest BCUT2D eigenvalue weighted by molar-refractivity contribution is 0.146. The molecule has 0 aliphatic heterocycles. The highest BCUT2D eigenvalue weighted by Crippen LogP contribution is 2.08. The second-order valence-corrected chi connectivity index (χ2v) is 5.12. The third-order valence-electron chi connectivity index (χ3n) is 3.09. The maximum absolute atomic E-state index is 11.1. The third-order valence-corrected chi connectivity index (χ3v) is 3.09. The van der Waals surface area contributed by atoms with Gasteiger partial charge in [0.2, 0.25) is 0 Å². The molecule has 0 atom stereocenters. The molecule has 0 aliphatic carbocycles. The summed E-state index contributed by atoms with van der Waals surface area (Å²) in [5.74, 6) is 0. The van der Waals surface area contributed by atoms with Gasteiger partial charge in [0, 0.05) is 13.1 Å². The molecular formula is C15H30N2O4. The van der Waals surface area contributed by atoms with E-state index < -0.39 is 6.09 Å². The molecular weight excluding hydrogens is 272 g/mol. The first-order valence-corrected chi connectivity index (χ1v) is 8.04. The van der Waals surface area contributed by atoms with Crippen molar-refractivity contribution in [2.45, 2.75) is 64.7 Å². The fourth-order valence-electron chi connectivity index (χ4n) is 1.94. The molecule has 21 heavy (non-hydrogen) atoms. The summed E-state index contributed by atoms with van der Waals surface area (Å²) in [5.41, 5.74) is 0. The summed E-state index contributed by atoms with van der Waals surface area (Å²) in [6.45, 7) is 3.68. The Kier molecular flexibility index (Phi) is 13.9. The Bertz CT molecular complexity index is 272. The van der Waals surface area contributed by atoms with E-state index in [-0.39, 0.29) is 6.09 Å². The van der Waals surface area contributed by atoms with Crippen LogP contribution in [0.4, 0.5) is 9.59 Å². The molecule has 0 spiro atoms. The lowest BCUT2D eigenvalue weighted by Gasteiger charge is -2.06. The van der Waals surface area contributed by atoms with Gasteiger partial charge in [-0.1, -0.05) is 45.4 Å². The Morgan fingerprint density at radius 3 is 1.81 bits per heavy atom. The number of carbonyl (C=O) groups excluding carboxylic acids is 1. The fourth-order valence-corrected chi connectivity index (χ4v) is 1.94. The van der Waals surface area contributed by atoms with Crippen LogP contribution in [-0.4, -0.2) is 37.0 Å².